The largest absolute Gasteiger partial charge is 0.478 e. The Morgan fingerprint density at radius 3 is 0.778 bits per heavy atom. The number of imide groups is 3. The Labute approximate surface area is 443 Å². The summed E-state index contributed by atoms with van der Waals surface area (Å²) in [5.74, 6) is -17.8. The quantitative estimate of drug-likeness (QED) is 0.0760. The van der Waals surface area contributed by atoms with Crippen LogP contribution >= 0.6 is 0 Å². The average molecular weight is 1130 g/mol. The Morgan fingerprint density at radius 2 is 0.556 bits per heavy atom. The van der Waals surface area contributed by atoms with Gasteiger partial charge in [0.1, 0.15) is 51.2 Å². The first-order valence-corrected chi connectivity index (χ1v) is 22.6. The molecule has 0 aliphatic carbocycles. The van der Waals surface area contributed by atoms with Gasteiger partial charge in [-0.2, -0.15) is 39.5 Å². The van der Waals surface area contributed by atoms with E-state index in [9.17, 15) is 98.0 Å². The van der Waals surface area contributed by atoms with Crippen LogP contribution in [0.4, 0.5) is 56.6 Å². The van der Waals surface area contributed by atoms with Crippen LogP contribution in [-0.4, -0.2) is 68.7 Å². The minimum Gasteiger partial charge on any atom is -0.478 e. The number of carbonyl (C=O) groups excluding carboxylic acids is 6. The number of ether oxygens (including phenoxy) is 3. The summed E-state index contributed by atoms with van der Waals surface area (Å²) >= 11 is 0. The molecule has 0 spiro atoms. The number of aromatic carboxylic acids is 3. The van der Waals surface area contributed by atoms with E-state index >= 15 is 0 Å². The summed E-state index contributed by atoms with van der Waals surface area (Å²) in [6, 6.07) is 15.2. The van der Waals surface area contributed by atoms with E-state index in [1.54, 1.807) is 0 Å². The second-order valence-electron chi connectivity index (χ2n) is 17.5. The van der Waals surface area contributed by atoms with E-state index in [0.717, 1.165) is 72.8 Å². The van der Waals surface area contributed by atoms with Crippen molar-refractivity contribution in [3.63, 3.8) is 0 Å². The fourth-order valence-corrected chi connectivity index (χ4v) is 8.83. The van der Waals surface area contributed by atoms with Crippen molar-refractivity contribution in [1.82, 2.24) is 0 Å². The van der Waals surface area contributed by atoms with Crippen LogP contribution in [0.1, 0.15) is 110 Å². The normalized spacial score (nSPS) is 14.1. The lowest BCUT2D eigenvalue weighted by Crippen LogP contribution is -2.29. The average Bonchev–Trinajstić information content (AvgIpc) is 4.02. The van der Waals surface area contributed by atoms with Crippen LogP contribution in [0.2, 0.25) is 0 Å². The smallest absolute Gasteiger partial charge is 0.420 e. The predicted molar refractivity (Wildman–Crippen MR) is 255 cm³/mol. The van der Waals surface area contributed by atoms with Crippen LogP contribution in [0.15, 0.2) is 127 Å². The molecule has 0 fully saturated rings. The molecule has 0 radical (unpaired) electrons. The zero-order valence-electron chi connectivity index (χ0n) is 39.6. The van der Waals surface area contributed by atoms with E-state index in [1.807, 2.05) is 0 Å². The van der Waals surface area contributed by atoms with E-state index in [0.29, 0.717) is 51.1 Å². The maximum absolute atomic E-state index is 15.0. The summed E-state index contributed by atoms with van der Waals surface area (Å²) in [4.78, 5) is 116. The van der Waals surface area contributed by atoms with E-state index in [4.69, 9.17) is 14.2 Å². The Balaban J connectivity index is 1.05. The summed E-state index contributed by atoms with van der Waals surface area (Å²) in [6.07, 6.45) is -16.3. The molecule has 7 aromatic carbocycles. The molecule has 408 valence electrons. The number of hydrogen-bond donors (Lipinski definition) is 3. The molecule has 6 amide bonds. The Morgan fingerprint density at radius 1 is 0.321 bits per heavy atom. The highest BCUT2D eigenvalue weighted by Crippen LogP contribution is 2.48. The van der Waals surface area contributed by atoms with Crippen molar-refractivity contribution in [2.24, 2.45) is 0 Å². The molecule has 3 N–H and O–H groups in total. The third-order valence-corrected chi connectivity index (χ3v) is 12.5. The zero-order chi connectivity index (χ0) is 58.5. The van der Waals surface area contributed by atoms with Crippen LogP contribution in [0, 0.1) is 0 Å². The number of benzene rings is 7. The Kier molecular flexibility index (Phi) is 12.5. The van der Waals surface area contributed by atoms with Gasteiger partial charge in [0.2, 0.25) is 0 Å². The van der Waals surface area contributed by atoms with Crippen LogP contribution in [0.25, 0.3) is 0 Å². The van der Waals surface area contributed by atoms with Gasteiger partial charge in [0.05, 0.1) is 67.1 Å². The molecular weight excluding hydrogens is 1100 g/mol. The van der Waals surface area contributed by atoms with Crippen LogP contribution in [0.5, 0.6) is 34.5 Å². The molecule has 10 rings (SSSR count). The van der Waals surface area contributed by atoms with Crippen molar-refractivity contribution in [3.8, 4) is 34.5 Å². The maximum Gasteiger partial charge on any atom is 0.420 e. The summed E-state index contributed by atoms with van der Waals surface area (Å²) < 4.78 is 151. The van der Waals surface area contributed by atoms with Crippen LogP contribution < -0.4 is 28.9 Å². The van der Waals surface area contributed by atoms with E-state index in [2.05, 4.69) is 0 Å². The first kappa shape index (κ1) is 53.5. The number of hydrogen-bond acceptors (Lipinski definition) is 12. The molecule has 0 saturated heterocycles. The SMILES string of the molecule is O=C(O)c1ccc2c(c1)C(=O)N(c1ccc(Oc3cc(Oc4ccc(N5C(=O)c6ccc(C(=O)O)cc6C5=O)cc4C(F)(F)F)cc(Oc4ccc(N5C(=O)c6ccc(C(=O)O)cc6C5=O)cc4C(F)(F)F)c3)c(C(F)(F)F)c1)C2=O. The summed E-state index contributed by atoms with van der Waals surface area (Å²) in [7, 11) is 0. The van der Waals surface area contributed by atoms with Crippen molar-refractivity contribution < 1.29 is 112 Å². The first-order valence-electron chi connectivity index (χ1n) is 22.6. The second-order valence-corrected chi connectivity index (χ2v) is 17.5. The lowest BCUT2D eigenvalue weighted by atomic mass is 10.1. The molecule has 0 unspecified atom stereocenters. The topological polar surface area (TPSA) is 252 Å². The van der Waals surface area contributed by atoms with Gasteiger partial charge < -0.3 is 29.5 Å². The van der Waals surface area contributed by atoms with Crippen LogP contribution in [-0.2, 0) is 18.5 Å². The number of alkyl halides is 9. The number of carboxylic acid groups (broad SMARTS) is 3. The second kappa shape index (κ2) is 19.0. The third kappa shape index (κ3) is 9.50. The van der Waals surface area contributed by atoms with E-state index in [1.165, 1.54) is 0 Å². The molecule has 27 heteroatoms. The van der Waals surface area contributed by atoms with E-state index in [-0.39, 0.29) is 34.9 Å². The number of nitrogens with zero attached hydrogens (tertiary/aromatic N) is 3. The third-order valence-electron chi connectivity index (χ3n) is 12.5. The molecule has 0 bridgehead atoms. The Bertz CT molecular complexity index is 3620. The van der Waals surface area contributed by atoms with Crippen molar-refractivity contribution >= 4 is 70.4 Å². The fraction of sp³-hybridized carbons (Fsp3) is 0.0556. The summed E-state index contributed by atoms with van der Waals surface area (Å²) in [5.41, 5.74) is -11.2. The van der Waals surface area contributed by atoms with E-state index < -0.39 is 174 Å². The van der Waals surface area contributed by atoms with Gasteiger partial charge in [0.25, 0.3) is 35.4 Å². The molecule has 3 aliphatic rings. The molecule has 0 saturated carbocycles. The number of rotatable bonds is 12. The van der Waals surface area contributed by atoms with Gasteiger partial charge in [-0.1, -0.05) is 0 Å². The van der Waals surface area contributed by atoms with Crippen molar-refractivity contribution in [2.75, 3.05) is 14.7 Å². The summed E-state index contributed by atoms with van der Waals surface area (Å²) in [5, 5.41) is 28.2. The molecule has 81 heavy (non-hydrogen) atoms. The highest BCUT2D eigenvalue weighted by Gasteiger charge is 2.44. The molecule has 18 nitrogen and oxygen atoms in total. The maximum atomic E-state index is 15.0. The minimum atomic E-state index is -5.43. The summed E-state index contributed by atoms with van der Waals surface area (Å²) in [6.45, 7) is 0. The number of halogens is 9. The zero-order valence-corrected chi connectivity index (χ0v) is 39.6. The minimum absolute atomic E-state index is 0.278. The van der Waals surface area contributed by atoms with Crippen molar-refractivity contribution in [1.29, 1.82) is 0 Å². The highest BCUT2D eigenvalue weighted by atomic mass is 19.4. The van der Waals surface area contributed by atoms with Gasteiger partial charge in [-0.25, -0.2) is 29.1 Å². The molecule has 7 aromatic rings. The monoisotopic (exact) mass is 1130 g/mol. The lowest BCUT2D eigenvalue weighted by Gasteiger charge is -2.21. The number of fused-ring (bicyclic) bond motifs is 3. The molecule has 0 aromatic heterocycles. The number of carbonyl (C=O) groups is 9. The van der Waals surface area contributed by atoms with Crippen molar-refractivity contribution in [3.05, 3.63) is 194 Å². The standard InChI is InChI=1S/C54H24F9N3O15/c55-52(56,57)37-16-25(64-43(67)31-7-1-22(49(73)74)13-34(31)46(64)70)4-10-40(37)79-28-19-29(80-41-11-5-26(17-38(41)53(58,59)60)65-44(68)32-8-2-23(50(75)76)14-35(32)47(65)71)21-30(20-28)81-42-12-6-27(18-39(42)54(61,62)63)66-45(69)33-9-3-24(51(77)78)15-36(33)48(66)72/h1-21H,(H,73,74)(H,75,76)(H,77,78). The highest BCUT2D eigenvalue weighted by molar-refractivity contribution is 6.36. The van der Waals surface area contributed by atoms with Crippen LogP contribution in [0.3, 0.4) is 0 Å². The molecule has 3 aliphatic heterocycles. The van der Waals surface area contributed by atoms with Gasteiger partial charge in [0, 0.05) is 18.2 Å². The molecule has 0 atom stereocenters. The van der Waals surface area contributed by atoms with Crippen molar-refractivity contribution in [2.45, 2.75) is 18.5 Å². The van der Waals surface area contributed by atoms with Gasteiger partial charge in [-0.3, -0.25) is 28.8 Å². The van der Waals surface area contributed by atoms with Gasteiger partial charge in [-0.15, -0.1) is 0 Å². The van der Waals surface area contributed by atoms with Gasteiger partial charge >= 0.3 is 36.4 Å². The predicted octanol–water partition coefficient (Wildman–Crippen LogP) is 11.6. The molecular formula is C54H24F9N3O15. The number of carboxylic acids is 3. The lowest BCUT2D eigenvalue weighted by molar-refractivity contribution is -0.139. The number of anilines is 3. The van der Waals surface area contributed by atoms with Gasteiger partial charge in [-0.05, 0) is 109 Å². The number of amides is 6. The molecule has 3 heterocycles. The van der Waals surface area contributed by atoms with Gasteiger partial charge in [0.15, 0.2) is 0 Å². The Hall–Kier alpha value is -10.9. The first-order chi connectivity index (χ1) is 38.0. The fourth-order valence-electron chi connectivity index (χ4n) is 8.83.